The molecule has 0 saturated carbocycles. The quantitative estimate of drug-likeness (QED) is 0.519. The van der Waals surface area contributed by atoms with Crippen LogP contribution in [-0.2, 0) is 17.6 Å². The smallest absolute Gasteiger partial charge is 0.241 e. The van der Waals surface area contributed by atoms with Crippen molar-refractivity contribution in [1.82, 2.24) is 0 Å². The van der Waals surface area contributed by atoms with Crippen molar-refractivity contribution in [1.29, 1.82) is 0 Å². The molecule has 1 aliphatic rings. The Morgan fingerprint density at radius 1 is 1.12 bits per heavy atom. The first-order valence-electron chi connectivity index (χ1n) is 9.41. The van der Waals surface area contributed by atoms with Crippen molar-refractivity contribution in [2.75, 3.05) is 28.8 Å². The molecular formula is C20H30ClNOS2. The lowest BCUT2D eigenvalue weighted by Crippen LogP contribution is -2.38. The number of hydrogen-bond acceptors (Lipinski definition) is 3. The molecule has 2 rings (SSSR count). The van der Waals surface area contributed by atoms with Crippen LogP contribution >= 0.6 is 35.1 Å². The van der Waals surface area contributed by atoms with Crippen LogP contribution in [0.2, 0.25) is 0 Å². The molecule has 2 nitrogen and oxygen atoms in total. The Labute approximate surface area is 166 Å². The van der Waals surface area contributed by atoms with E-state index in [4.69, 9.17) is 11.6 Å². The van der Waals surface area contributed by atoms with E-state index in [-0.39, 0.29) is 11.8 Å². The standard InChI is InChI=1S/C20H30ClNOS2/c1-3-8-16-10-7-11-17(9-4-2)20(16)22(18(23)14-21)15-19-24-12-5-6-13-25-19/h7,10-11,19H,3-6,8-9,12-15H2,1-2H3. The summed E-state index contributed by atoms with van der Waals surface area (Å²) in [7, 11) is 0. The molecule has 0 aromatic heterocycles. The van der Waals surface area contributed by atoms with E-state index in [9.17, 15) is 4.79 Å². The zero-order valence-electron chi connectivity index (χ0n) is 15.4. The van der Waals surface area contributed by atoms with Gasteiger partial charge in [0.15, 0.2) is 0 Å². The van der Waals surface area contributed by atoms with E-state index in [1.54, 1.807) is 0 Å². The monoisotopic (exact) mass is 399 g/mol. The second-order valence-corrected chi connectivity index (χ2v) is 9.63. The fourth-order valence-electron chi connectivity index (χ4n) is 3.26. The van der Waals surface area contributed by atoms with Crippen LogP contribution in [0, 0.1) is 0 Å². The third-order valence-electron chi connectivity index (χ3n) is 4.40. The first kappa shape index (κ1) is 21.0. The number of carbonyl (C=O) groups is 1. The predicted octanol–water partition coefficient (Wildman–Crippen LogP) is 5.75. The van der Waals surface area contributed by atoms with E-state index in [1.807, 2.05) is 28.4 Å². The van der Waals surface area contributed by atoms with Gasteiger partial charge in [0, 0.05) is 6.54 Å². The molecule has 0 spiro atoms. The van der Waals surface area contributed by atoms with Crippen molar-refractivity contribution in [3.05, 3.63) is 29.3 Å². The summed E-state index contributed by atoms with van der Waals surface area (Å²) in [6.45, 7) is 5.15. The van der Waals surface area contributed by atoms with Crippen molar-refractivity contribution >= 4 is 46.7 Å². The van der Waals surface area contributed by atoms with Gasteiger partial charge in [-0.1, -0.05) is 44.9 Å². The predicted molar refractivity (Wildman–Crippen MR) is 115 cm³/mol. The molecule has 5 heteroatoms. The number of nitrogens with zero attached hydrogens (tertiary/aromatic N) is 1. The largest absolute Gasteiger partial charge is 0.309 e. The van der Waals surface area contributed by atoms with E-state index >= 15 is 0 Å². The van der Waals surface area contributed by atoms with Gasteiger partial charge in [0.1, 0.15) is 5.88 Å². The second kappa shape index (κ2) is 11.4. The molecule has 0 N–H and O–H groups in total. The highest BCUT2D eigenvalue weighted by molar-refractivity contribution is 8.17. The Hall–Kier alpha value is -0.320. The van der Waals surface area contributed by atoms with Gasteiger partial charge in [-0.2, -0.15) is 0 Å². The van der Waals surface area contributed by atoms with Crippen molar-refractivity contribution in [2.45, 2.75) is 57.0 Å². The third-order valence-corrected chi connectivity index (χ3v) is 7.54. The normalized spacial score (nSPS) is 15.8. The summed E-state index contributed by atoms with van der Waals surface area (Å²) in [4.78, 5) is 14.8. The minimum absolute atomic E-state index is 0.0352. The van der Waals surface area contributed by atoms with Gasteiger partial charge in [0.05, 0.1) is 10.3 Å². The lowest BCUT2D eigenvalue weighted by atomic mass is 9.99. The van der Waals surface area contributed by atoms with Crippen molar-refractivity contribution in [3.8, 4) is 0 Å². The highest BCUT2D eigenvalue weighted by Gasteiger charge is 2.25. The molecule has 1 aliphatic heterocycles. The summed E-state index contributed by atoms with van der Waals surface area (Å²) < 4.78 is 0.443. The van der Waals surface area contributed by atoms with Gasteiger partial charge in [-0.05, 0) is 48.3 Å². The number of anilines is 1. The Kier molecular flexibility index (Phi) is 9.57. The summed E-state index contributed by atoms with van der Waals surface area (Å²) in [6, 6.07) is 6.50. The van der Waals surface area contributed by atoms with Gasteiger partial charge in [0.2, 0.25) is 5.91 Å². The molecule has 1 heterocycles. The Morgan fingerprint density at radius 2 is 1.68 bits per heavy atom. The maximum Gasteiger partial charge on any atom is 0.241 e. The molecule has 0 atom stereocenters. The number of hydrogen-bond donors (Lipinski definition) is 0. The van der Waals surface area contributed by atoms with E-state index < -0.39 is 0 Å². The third kappa shape index (κ3) is 6.11. The first-order chi connectivity index (χ1) is 12.2. The minimum atomic E-state index is 0.0352. The molecular weight excluding hydrogens is 370 g/mol. The number of aryl methyl sites for hydroxylation is 2. The van der Waals surface area contributed by atoms with Gasteiger partial charge in [0.25, 0.3) is 0 Å². The van der Waals surface area contributed by atoms with Crippen molar-refractivity contribution < 1.29 is 4.79 Å². The average Bonchev–Trinajstić information content (AvgIpc) is 2.89. The van der Waals surface area contributed by atoms with Crippen molar-refractivity contribution in [3.63, 3.8) is 0 Å². The SMILES string of the molecule is CCCc1cccc(CCC)c1N(CC1SCCCCS1)C(=O)CCl. The van der Waals surface area contributed by atoms with Crippen LogP contribution < -0.4 is 4.90 Å². The molecule has 1 fully saturated rings. The highest BCUT2D eigenvalue weighted by atomic mass is 35.5. The molecule has 0 bridgehead atoms. The van der Waals surface area contributed by atoms with Crippen LogP contribution in [-0.4, -0.2) is 34.4 Å². The van der Waals surface area contributed by atoms with E-state index in [0.29, 0.717) is 4.58 Å². The molecule has 140 valence electrons. The Balaban J connectivity index is 2.36. The molecule has 1 aromatic rings. The molecule has 0 unspecified atom stereocenters. The summed E-state index contributed by atoms with van der Waals surface area (Å²) in [5, 5.41) is 0. The molecule has 1 saturated heterocycles. The van der Waals surface area contributed by atoms with Crippen LogP contribution in [0.15, 0.2) is 18.2 Å². The maximum atomic E-state index is 12.8. The summed E-state index contributed by atoms with van der Waals surface area (Å²) in [6.07, 6.45) is 6.74. The van der Waals surface area contributed by atoms with Crippen LogP contribution in [0.25, 0.3) is 0 Å². The zero-order valence-corrected chi connectivity index (χ0v) is 17.8. The van der Waals surface area contributed by atoms with Crippen LogP contribution in [0.3, 0.4) is 0 Å². The van der Waals surface area contributed by atoms with Gasteiger partial charge >= 0.3 is 0 Å². The molecule has 0 aliphatic carbocycles. The Morgan fingerprint density at radius 3 is 2.16 bits per heavy atom. The summed E-state index contributed by atoms with van der Waals surface area (Å²) in [5.41, 5.74) is 3.72. The number of halogens is 1. The average molecular weight is 400 g/mol. The number of carbonyl (C=O) groups excluding carboxylic acids is 1. The number of alkyl halides is 1. The highest BCUT2D eigenvalue weighted by Crippen LogP contribution is 2.34. The van der Waals surface area contributed by atoms with Gasteiger partial charge in [-0.3, -0.25) is 4.79 Å². The molecule has 0 radical (unpaired) electrons. The van der Waals surface area contributed by atoms with Gasteiger partial charge < -0.3 is 4.90 Å². The number of benzene rings is 1. The van der Waals surface area contributed by atoms with E-state index in [1.165, 1.54) is 35.5 Å². The number of thioether (sulfide) groups is 2. The number of rotatable bonds is 8. The first-order valence-corrected chi connectivity index (χ1v) is 12.0. The molecule has 25 heavy (non-hydrogen) atoms. The van der Waals surface area contributed by atoms with Crippen LogP contribution in [0.4, 0.5) is 5.69 Å². The number of para-hydroxylation sites is 1. The minimum Gasteiger partial charge on any atom is -0.309 e. The van der Waals surface area contributed by atoms with E-state index in [0.717, 1.165) is 37.9 Å². The number of amides is 1. The van der Waals surface area contributed by atoms with Gasteiger partial charge in [-0.15, -0.1) is 35.1 Å². The molecule has 1 aromatic carbocycles. The van der Waals surface area contributed by atoms with Crippen LogP contribution in [0.5, 0.6) is 0 Å². The zero-order chi connectivity index (χ0) is 18.1. The van der Waals surface area contributed by atoms with Gasteiger partial charge in [-0.25, -0.2) is 0 Å². The lowest BCUT2D eigenvalue weighted by molar-refractivity contribution is -0.116. The lowest BCUT2D eigenvalue weighted by Gasteiger charge is -2.30. The fraction of sp³-hybridized carbons (Fsp3) is 0.650. The summed E-state index contributed by atoms with van der Waals surface area (Å²) >= 11 is 10.00. The summed E-state index contributed by atoms with van der Waals surface area (Å²) in [5.74, 6) is 2.47. The topological polar surface area (TPSA) is 20.3 Å². The van der Waals surface area contributed by atoms with E-state index in [2.05, 4.69) is 32.0 Å². The van der Waals surface area contributed by atoms with Crippen molar-refractivity contribution in [2.24, 2.45) is 0 Å². The maximum absolute atomic E-state index is 12.8. The second-order valence-electron chi connectivity index (χ2n) is 6.44. The fourth-order valence-corrected chi connectivity index (χ4v) is 6.14. The Bertz CT molecular complexity index is 520. The molecule has 1 amide bonds. The van der Waals surface area contributed by atoms with Crippen LogP contribution in [0.1, 0.15) is 50.7 Å².